The summed E-state index contributed by atoms with van der Waals surface area (Å²) in [6.45, 7) is -0.297. The highest BCUT2D eigenvalue weighted by molar-refractivity contribution is 8.14. The topological polar surface area (TPSA) is 74.5 Å². The van der Waals surface area contributed by atoms with Gasteiger partial charge in [0.25, 0.3) is 0 Å². The molecule has 0 unspecified atom stereocenters. The maximum atomic E-state index is 13.6. The van der Waals surface area contributed by atoms with Crippen LogP contribution in [0.2, 0.25) is 0 Å². The number of alkyl halides is 3. The Kier molecular flexibility index (Phi) is 6.02. The number of ether oxygens (including phenoxy) is 2. The third-order valence-electron chi connectivity index (χ3n) is 4.36. The quantitative estimate of drug-likeness (QED) is 0.792. The summed E-state index contributed by atoms with van der Waals surface area (Å²) >= 11 is 1.11. The minimum absolute atomic E-state index is 0.297. The Morgan fingerprint density at radius 3 is 2.48 bits per heavy atom. The van der Waals surface area contributed by atoms with E-state index in [1.807, 2.05) is 0 Å². The standard InChI is InChI=1S/C17H21F3N2O4S/c1-22(2)16-21-10-11(23)12(24)13(26-15(10)27-16)14(17(18,19)20)25-8-9-6-4-3-5-7-9/h3-7,10-15,23-24H,8H2,1-2H3/t10-,11-,12+,13+,14-,15-/m1/s1. The van der Waals surface area contributed by atoms with Crippen LogP contribution in [0.25, 0.3) is 0 Å². The summed E-state index contributed by atoms with van der Waals surface area (Å²) in [5.74, 6) is 0. The number of benzene rings is 1. The number of aliphatic imine (C=N–C) groups is 1. The van der Waals surface area contributed by atoms with Crippen LogP contribution in [-0.2, 0) is 16.1 Å². The van der Waals surface area contributed by atoms with Gasteiger partial charge in [0.15, 0.2) is 11.3 Å². The molecule has 2 aliphatic heterocycles. The van der Waals surface area contributed by atoms with Crippen molar-refractivity contribution in [2.75, 3.05) is 14.1 Å². The first-order valence-corrected chi connectivity index (χ1v) is 9.22. The predicted molar refractivity (Wildman–Crippen MR) is 94.2 cm³/mol. The van der Waals surface area contributed by atoms with Crippen molar-refractivity contribution in [1.29, 1.82) is 0 Å². The Hall–Kier alpha value is -1.33. The van der Waals surface area contributed by atoms with E-state index in [0.717, 1.165) is 11.8 Å². The zero-order chi connectivity index (χ0) is 19.8. The number of thioether (sulfide) groups is 1. The van der Waals surface area contributed by atoms with Gasteiger partial charge < -0.3 is 24.6 Å². The van der Waals surface area contributed by atoms with E-state index in [4.69, 9.17) is 9.47 Å². The highest BCUT2D eigenvalue weighted by Crippen LogP contribution is 2.40. The number of aliphatic hydroxyl groups excluding tert-OH is 2. The Balaban J connectivity index is 1.77. The third kappa shape index (κ3) is 4.40. The fraction of sp³-hybridized carbons (Fsp3) is 0.588. The normalized spacial score (nSPS) is 32.0. The van der Waals surface area contributed by atoms with E-state index < -0.39 is 42.1 Å². The second kappa shape index (κ2) is 7.96. The van der Waals surface area contributed by atoms with Crippen LogP contribution in [0.3, 0.4) is 0 Å². The first-order chi connectivity index (χ1) is 12.7. The van der Waals surface area contributed by atoms with Crippen LogP contribution in [0.1, 0.15) is 5.56 Å². The molecule has 0 radical (unpaired) electrons. The molecule has 0 aliphatic carbocycles. The SMILES string of the molecule is CN(C)C1=N[C@@H]2[C@@H](O)[C@H](O)[C@@H]([C@@H](OCc3ccccc3)C(F)(F)F)O[C@@H]2S1. The number of hydrogen-bond acceptors (Lipinski definition) is 7. The Bertz CT molecular complexity index is 674. The van der Waals surface area contributed by atoms with Gasteiger partial charge in [-0.25, -0.2) is 0 Å². The van der Waals surface area contributed by atoms with Gasteiger partial charge in [-0.15, -0.1) is 0 Å². The van der Waals surface area contributed by atoms with Crippen molar-refractivity contribution in [3.63, 3.8) is 0 Å². The molecule has 10 heteroatoms. The Morgan fingerprint density at radius 2 is 1.89 bits per heavy atom. The van der Waals surface area contributed by atoms with Crippen molar-refractivity contribution in [2.24, 2.45) is 4.99 Å². The third-order valence-corrected chi connectivity index (χ3v) is 5.67. The summed E-state index contributed by atoms with van der Waals surface area (Å²) in [6.07, 6.45) is -12.2. The molecule has 0 spiro atoms. The molecule has 3 rings (SSSR count). The molecule has 6 atom stereocenters. The van der Waals surface area contributed by atoms with Gasteiger partial charge in [-0.1, -0.05) is 42.1 Å². The highest BCUT2D eigenvalue weighted by atomic mass is 32.2. The van der Waals surface area contributed by atoms with Gasteiger partial charge in [-0.2, -0.15) is 13.2 Å². The van der Waals surface area contributed by atoms with E-state index in [9.17, 15) is 23.4 Å². The van der Waals surface area contributed by atoms with Crippen LogP contribution < -0.4 is 0 Å². The smallest absolute Gasteiger partial charge is 0.388 e. The van der Waals surface area contributed by atoms with Crippen LogP contribution in [0.4, 0.5) is 13.2 Å². The second-order valence-electron chi connectivity index (χ2n) is 6.62. The summed E-state index contributed by atoms with van der Waals surface area (Å²) < 4.78 is 51.5. The second-order valence-corrected chi connectivity index (χ2v) is 7.69. The van der Waals surface area contributed by atoms with Crippen molar-refractivity contribution in [3.05, 3.63) is 35.9 Å². The zero-order valence-corrected chi connectivity index (χ0v) is 15.5. The molecular weight excluding hydrogens is 385 g/mol. The van der Waals surface area contributed by atoms with Crippen molar-refractivity contribution in [2.45, 2.75) is 48.7 Å². The summed E-state index contributed by atoms with van der Waals surface area (Å²) in [5, 5.41) is 21.1. The van der Waals surface area contributed by atoms with Crippen LogP contribution in [0.5, 0.6) is 0 Å². The van der Waals surface area contributed by atoms with Gasteiger partial charge in [-0.05, 0) is 5.56 Å². The van der Waals surface area contributed by atoms with E-state index in [1.165, 1.54) is 0 Å². The van der Waals surface area contributed by atoms with Crippen molar-refractivity contribution in [3.8, 4) is 0 Å². The molecule has 0 aromatic heterocycles. The molecule has 2 aliphatic rings. The molecule has 1 saturated heterocycles. The van der Waals surface area contributed by atoms with E-state index in [0.29, 0.717) is 10.7 Å². The molecule has 0 amide bonds. The van der Waals surface area contributed by atoms with Crippen molar-refractivity contribution >= 4 is 16.9 Å². The number of hydrogen-bond donors (Lipinski definition) is 2. The van der Waals surface area contributed by atoms with Gasteiger partial charge in [0, 0.05) is 14.1 Å². The van der Waals surface area contributed by atoms with Crippen LogP contribution in [-0.4, -0.2) is 76.4 Å². The molecule has 1 aromatic rings. The maximum absolute atomic E-state index is 13.6. The lowest BCUT2D eigenvalue weighted by atomic mass is 9.94. The number of aliphatic hydroxyl groups is 2. The van der Waals surface area contributed by atoms with E-state index in [2.05, 4.69) is 4.99 Å². The zero-order valence-electron chi connectivity index (χ0n) is 14.7. The van der Waals surface area contributed by atoms with Gasteiger partial charge >= 0.3 is 6.18 Å². The number of fused-ring (bicyclic) bond motifs is 1. The van der Waals surface area contributed by atoms with Crippen LogP contribution >= 0.6 is 11.8 Å². The lowest BCUT2D eigenvalue weighted by molar-refractivity contribution is -0.286. The van der Waals surface area contributed by atoms with Gasteiger partial charge in [0.2, 0.25) is 0 Å². The number of rotatable bonds is 4. The molecule has 0 bridgehead atoms. The highest BCUT2D eigenvalue weighted by Gasteiger charge is 2.57. The van der Waals surface area contributed by atoms with E-state index in [1.54, 1.807) is 49.3 Å². The first-order valence-electron chi connectivity index (χ1n) is 8.34. The molecule has 0 saturated carbocycles. The van der Waals surface area contributed by atoms with Gasteiger partial charge in [0.1, 0.15) is 29.8 Å². The van der Waals surface area contributed by atoms with Crippen molar-refractivity contribution < 1.29 is 32.9 Å². The molecule has 2 heterocycles. The summed E-state index contributed by atoms with van der Waals surface area (Å²) in [7, 11) is 3.45. The number of halogens is 3. The predicted octanol–water partition coefficient (Wildman–Crippen LogP) is 1.61. The monoisotopic (exact) mass is 406 g/mol. The minimum Gasteiger partial charge on any atom is -0.388 e. The molecule has 1 aromatic carbocycles. The lowest BCUT2D eigenvalue weighted by Gasteiger charge is -2.41. The molecular formula is C17H21F3N2O4S. The van der Waals surface area contributed by atoms with Crippen LogP contribution in [0.15, 0.2) is 35.3 Å². The summed E-state index contributed by atoms with van der Waals surface area (Å²) in [5.41, 5.74) is -0.264. The molecule has 150 valence electrons. The van der Waals surface area contributed by atoms with Gasteiger partial charge in [-0.3, -0.25) is 4.99 Å². The molecule has 27 heavy (non-hydrogen) atoms. The average Bonchev–Trinajstić information content (AvgIpc) is 3.03. The minimum atomic E-state index is -4.78. The average molecular weight is 406 g/mol. The number of nitrogens with zero attached hydrogens (tertiary/aromatic N) is 2. The largest absolute Gasteiger partial charge is 0.417 e. The summed E-state index contributed by atoms with van der Waals surface area (Å²) in [6, 6.07) is 7.57. The summed E-state index contributed by atoms with van der Waals surface area (Å²) in [4.78, 5) is 5.91. The van der Waals surface area contributed by atoms with Crippen molar-refractivity contribution in [1.82, 2.24) is 4.90 Å². The fourth-order valence-electron chi connectivity index (χ4n) is 2.98. The lowest BCUT2D eigenvalue weighted by Crippen LogP contribution is -2.61. The van der Waals surface area contributed by atoms with Gasteiger partial charge in [0.05, 0.1) is 6.61 Å². The number of amidine groups is 1. The first kappa shape index (κ1) is 20.4. The Morgan fingerprint density at radius 1 is 1.22 bits per heavy atom. The maximum Gasteiger partial charge on any atom is 0.417 e. The van der Waals surface area contributed by atoms with E-state index >= 15 is 0 Å². The molecule has 6 nitrogen and oxygen atoms in total. The molecule has 2 N–H and O–H groups in total. The van der Waals surface area contributed by atoms with E-state index in [-0.39, 0.29) is 6.61 Å². The fourth-order valence-corrected chi connectivity index (χ4v) is 4.12. The van der Waals surface area contributed by atoms with Crippen LogP contribution in [0, 0.1) is 0 Å². The Labute approximate surface area is 159 Å². The molecule has 1 fully saturated rings.